The Labute approximate surface area is 121 Å². The Balaban J connectivity index is 2.29. The zero-order valence-corrected chi connectivity index (χ0v) is 13.1. The van der Waals surface area contributed by atoms with Gasteiger partial charge in [-0.1, -0.05) is 6.07 Å². The summed E-state index contributed by atoms with van der Waals surface area (Å²) in [6, 6.07) is 2.02. The van der Waals surface area contributed by atoms with Crippen LogP contribution in [0.5, 0.6) is 0 Å². The topological polar surface area (TPSA) is 52.6 Å². The summed E-state index contributed by atoms with van der Waals surface area (Å²) >= 11 is 0. The predicted octanol–water partition coefficient (Wildman–Crippen LogP) is 1.57. The second-order valence-electron chi connectivity index (χ2n) is 6.05. The lowest BCUT2D eigenvalue weighted by Crippen LogP contribution is -2.41. The molecule has 0 amide bonds. The Morgan fingerprint density at radius 3 is 2.35 bits per heavy atom. The third-order valence-electron chi connectivity index (χ3n) is 4.05. The molecular weight excluding hydrogens is 255 g/mol. The van der Waals surface area contributed by atoms with Crippen molar-refractivity contribution in [3.05, 3.63) is 17.8 Å². The Bertz CT molecular complexity index is 475. The fourth-order valence-electron chi connectivity index (χ4n) is 2.13. The number of ether oxygens (including phenoxy) is 1. The van der Waals surface area contributed by atoms with Gasteiger partial charge in [-0.15, -0.1) is 0 Å². The van der Waals surface area contributed by atoms with Gasteiger partial charge in [-0.25, -0.2) is 4.98 Å². The second-order valence-corrected chi connectivity index (χ2v) is 6.05. The van der Waals surface area contributed by atoms with Gasteiger partial charge in [0.2, 0.25) is 0 Å². The van der Waals surface area contributed by atoms with E-state index in [4.69, 9.17) is 14.0 Å². The summed E-state index contributed by atoms with van der Waals surface area (Å²) in [6.07, 6.45) is 1.78. The molecule has 110 valence electrons. The van der Waals surface area contributed by atoms with Gasteiger partial charge in [0.15, 0.2) is 0 Å². The number of hydrogen-bond acceptors (Lipinski definition) is 5. The molecule has 1 fully saturated rings. The van der Waals surface area contributed by atoms with E-state index >= 15 is 0 Å². The van der Waals surface area contributed by atoms with Crippen LogP contribution in [0.2, 0.25) is 0 Å². The molecule has 2 rings (SSSR count). The largest absolute Gasteiger partial charge is 0.496 e. The highest BCUT2D eigenvalue weighted by atomic mass is 16.7. The summed E-state index contributed by atoms with van der Waals surface area (Å²) in [5.41, 5.74) is 1.21. The van der Waals surface area contributed by atoms with Crippen LogP contribution < -0.4 is 10.8 Å². The van der Waals surface area contributed by atoms with Crippen molar-refractivity contribution in [2.24, 2.45) is 0 Å². The molecule has 0 aromatic carbocycles. The van der Waals surface area contributed by atoms with Crippen LogP contribution in [0.4, 0.5) is 5.82 Å². The van der Waals surface area contributed by atoms with Gasteiger partial charge in [-0.3, -0.25) is 0 Å². The van der Waals surface area contributed by atoms with Crippen LogP contribution in [-0.2, 0) is 20.7 Å². The average molecular weight is 278 g/mol. The van der Waals surface area contributed by atoms with Crippen LogP contribution >= 0.6 is 0 Å². The van der Waals surface area contributed by atoms with Crippen LogP contribution in [0.3, 0.4) is 0 Å². The van der Waals surface area contributed by atoms with Crippen molar-refractivity contribution in [3.8, 4) is 0 Å². The molecule has 2 heterocycles. The number of rotatable bonds is 4. The van der Waals surface area contributed by atoms with E-state index in [-0.39, 0.29) is 11.2 Å². The minimum atomic E-state index is -0.394. The van der Waals surface area contributed by atoms with E-state index in [2.05, 4.69) is 10.3 Å². The maximum Gasteiger partial charge on any atom is 0.496 e. The van der Waals surface area contributed by atoms with Crippen molar-refractivity contribution in [3.63, 3.8) is 0 Å². The summed E-state index contributed by atoms with van der Waals surface area (Å²) in [5, 5.41) is 3.06. The zero-order chi connectivity index (χ0) is 15.0. The quantitative estimate of drug-likeness (QED) is 0.847. The van der Waals surface area contributed by atoms with Crippen LogP contribution in [0, 0.1) is 0 Å². The van der Waals surface area contributed by atoms with Gasteiger partial charge in [-0.2, -0.15) is 0 Å². The molecule has 0 unspecified atom stereocenters. The first-order chi connectivity index (χ1) is 9.30. The van der Waals surface area contributed by atoms with Gasteiger partial charge in [0, 0.05) is 31.4 Å². The summed E-state index contributed by atoms with van der Waals surface area (Å²) in [5.74, 6) is 0.812. The third-order valence-corrected chi connectivity index (χ3v) is 4.05. The fourth-order valence-corrected chi connectivity index (χ4v) is 2.13. The van der Waals surface area contributed by atoms with Gasteiger partial charge in [0.1, 0.15) is 5.82 Å². The molecule has 1 N–H and O–H groups in total. The average Bonchev–Trinajstić information content (AvgIpc) is 2.59. The van der Waals surface area contributed by atoms with E-state index in [0.29, 0.717) is 6.61 Å². The SMILES string of the molecule is CNc1ncc(B2OC(C)(C)C(C)(C)O2)cc1COC. The van der Waals surface area contributed by atoms with Gasteiger partial charge in [0.25, 0.3) is 0 Å². The first-order valence-corrected chi connectivity index (χ1v) is 6.82. The normalized spacial score (nSPS) is 20.2. The molecule has 20 heavy (non-hydrogen) atoms. The van der Waals surface area contributed by atoms with E-state index < -0.39 is 7.12 Å². The van der Waals surface area contributed by atoms with Gasteiger partial charge < -0.3 is 19.4 Å². The Kier molecular flexibility index (Phi) is 4.09. The lowest BCUT2D eigenvalue weighted by atomic mass is 9.79. The molecule has 0 spiro atoms. The highest BCUT2D eigenvalue weighted by Crippen LogP contribution is 2.36. The minimum Gasteiger partial charge on any atom is -0.399 e. The highest BCUT2D eigenvalue weighted by Gasteiger charge is 2.51. The molecule has 0 bridgehead atoms. The van der Waals surface area contributed by atoms with Gasteiger partial charge >= 0.3 is 7.12 Å². The van der Waals surface area contributed by atoms with Crippen LogP contribution in [-0.4, -0.2) is 37.5 Å². The molecule has 1 aliphatic rings. The number of pyridine rings is 1. The molecule has 0 atom stereocenters. The first-order valence-electron chi connectivity index (χ1n) is 6.82. The Hall–Kier alpha value is -1.11. The van der Waals surface area contributed by atoms with Gasteiger partial charge in [-0.05, 0) is 27.7 Å². The van der Waals surface area contributed by atoms with Crippen molar-refractivity contribution in [1.82, 2.24) is 4.98 Å². The third kappa shape index (κ3) is 2.68. The summed E-state index contributed by atoms with van der Waals surface area (Å²) in [4.78, 5) is 4.40. The molecule has 0 saturated carbocycles. The molecule has 1 saturated heterocycles. The number of nitrogens with zero attached hydrogens (tertiary/aromatic N) is 1. The van der Waals surface area contributed by atoms with E-state index in [1.54, 1.807) is 13.3 Å². The molecule has 5 nitrogen and oxygen atoms in total. The maximum absolute atomic E-state index is 6.03. The standard InChI is InChI=1S/C14H23BN2O3/c1-13(2)14(3,4)20-15(19-13)11-7-10(9-18-6)12(16-5)17-8-11/h7-8H,9H2,1-6H3,(H,16,17). The summed E-state index contributed by atoms with van der Waals surface area (Å²) < 4.78 is 17.3. The summed E-state index contributed by atoms with van der Waals surface area (Å²) in [6.45, 7) is 8.66. The monoisotopic (exact) mass is 278 g/mol. The van der Waals surface area contributed by atoms with Crippen LogP contribution in [0.1, 0.15) is 33.3 Å². The fraction of sp³-hybridized carbons (Fsp3) is 0.643. The second kappa shape index (κ2) is 5.35. The lowest BCUT2D eigenvalue weighted by Gasteiger charge is -2.32. The molecule has 1 aliphatic heterocycles. The number of anilines is 1. The van der Waals surface area contributed by atoms with Crippen molar-refractivity contribution in [1.29, 1.82) is 0 Å². The smallest absolute Gasteiger partial charge is 0.399 e. The Morgan fingerprint density at radius 1 is 1.25 bits per heavy atom. The van der Waals surface area contributed by atoms with Crippen molar-refractivity contribution >= 4 is 18.4 Å². The predicted molar refractivity (Wildman–Crippen MR) is 80.2 cm³/mol. The molecule has 6 heteroatoms. The molecule has 1 aromatic heterocycles. The molecule has 1 aromatic rings. The van der Waals surface area contributed by atoms with Crippen LogP contribution in [0.15, 0.2) is 12.3 Å². The number of hydrogen-bond donors (Lipinski definition) is 1. The molecule has 0 radical (unpaired) electrons. The maximum atomic E-state index is 6.03. The first kappa shape index (κ1) is 15.3. The lowest BCUT2D eigenvalue weighted by molar-refractivity contribution is 0.00578. The van der Waals surface area contributed by atoms with Crippen molar-refractivity contribution < 1.29 is 14.0 Å². The van der Waals surface area contributed by atoms with Gasteiger partial charge in [0.05, 0.1) is 17.8 Å². The van der Waals surface area contributed by atoms with E-state index in [9.17, 15) is 0 Å². The van der Waals surface area contributed by atoms with E-state index in [0.717, 1.165) is 16.8 Å². The number of aromatic nitrogens is 1. The highest BCUT2D eigenvalue weighted by molar-refractivity contribution is 6.62. The number of methoxy groups -OCH3 is 1. The van der Waals surface area contributed by atoms with E-state index in [1.807, 2.05) is 40.8 Å². The summed E-state index contributed by atoms with van der Waals surface area (Å²) in [7, 11) is 3.12. The number of nitrogens with one attached hydrogen (secondary N) is 1. The Morgan fingerprint density at radius 2 is 1.85 bits per heavy atom. The molecule has 0 aliphatic carbocycles. The molecular formula is C14H23BN2O3. The minimum absolute atomic E-state index is 0.346. The zero-order valence-electron chi connectivity index (χ0n) is 13.1. The van der Waals surface area contributed by atoms with Crippen LogP contribution in [0.25, 0.3) is 0 Å². The van der Waals surface area contributed by atoms with Crippen molar-refractivity contribution in [2.75, 3.05) is 19.5 Å². The van der Waals surface area contributed by atoms with Crippen molar-refractivity contribution in [2.45, 2.75) is 45.5 Å². The van der Waals surface area contributed by atoms with E-state index in [1.165, 1.54) is 0 Å².